The van der Waals surface area contributed by atoms with Gasteiger partial charge in [0, 0.05) is 13.0 Å². The van der Waals surface area contributed by atoms with E-state index in [-0.39, 0.29) is 51.4 Å². The molecular weight excluding hydrogens is 616 g/mol. The van der Waals surface area contributed by atoms with E-state index in [1.807, 2.05) is 0 Å². The molecule has 0 spiro atoms. The molecule has 0 heterocycles. The van der Waals surface area contributed by atoms with Gasteiger partial charge >= 0.3 is 5.97 Å². The van der Waals surface area contributed by atoms with Gasteiger partial charge in [0.05, 0.1) is 18.1 Å². The summed E-state index contributed by atoms with van der Waals surface area (Å²) in [7, 11) is 0. The standard InChI is InChI=1S/C41H68N2O6/c1-26(2)27-16-21-41(36(49)42-24-12-10-8-9-11-13-33(46)43-29(25-44)35(47)48)23-22-39(6)28(34(27)41)14-15-31-38(5)19-18-32(45)37(3,4)30(38)17-20-40(31,39)7/h27-32,34,44-45H,1,8-25H2,2-7H3,(H,42,49)(H,43,46)(H,47,48)/t27-,28+,29+,30-,31+,32-,34+,38-,39+,40+,41-/m0/s1. The van der Waals surface area contributed by atoms with Gasteiger partial charge in [-0.25, -0.2) is 4.79 Å². The van der Waals surface area contributed by atoms with Crippen molar-refractivity contribution < 1.29 is 29.7 Å². The second-order valence-electron chi connectivity index (χ2n) is 18.6. The normalized spacial score (nSPS) is 41.3. The first-order valence-corrected chi connectivity index (χ1v) is 19.7. The molecule has 5 fully saturated rings. The molecule has 5 saturated carbocycles. The molecule has 2 amide bonds. The fourth-order valence-electron chi connectivity index (χ4n) is 13.3. The summed E-state index contributed by atoms with van der Waals surface area (Å²) in [6.07, 6.45) is 15.4. The number of amides is 2. The van der Waals surface area contributed by atoms with Gasteiger partial charge in [0.25, 0.3) is 0 Å². The van der Waals surface area contributed by atoms with E-state index >= 15 is 0 Å². The van der Waals surface area contributed by atoms with Crippen LogP contribution in [0.4, 0.5) is 0 Å². The molecular formula is C41H68N2O6. The predicted molar refractivity (Wildman–Crippen MR) is 192 cm³/mol. The van der Waals surface area contributed by atoms with Gasteiger partial charge < -0.3 is 26.0 Å². The lowest BCUT2D eigenvalue weighted by molar-refractivity contribution is -0.246. The van der Waals surface area contributed by atoms with Crippen LogP contribution in [0.2, 0.25) is 0 Å². The van der Waals surface area contributed by atoms with Gasteiger partial charge in [-0.3, -0.25) is 9.59 Å². The van der Waals surface area contributed by atoms with Crippen LogP contribution in [0, 0.1) is 56.7 Å². The molecule has 11 atom stereocenters. The third-order valence-corrected chi connectivity index (χ3v) is 16.2. The molecule has 0 radical (unpaired) electrons. The Morgan fingerprint density at radius 3 is 2.18 bits per heavy atom. The molecule has 0 aromatic carbocycles. The van der Waals surface area contributed by atoms with Gasteiger partial charge in [0.1, 0.15) is 6.04 Å². The Labute approximate surface area is 296 Å². The van der Waals surface area contributed by atoms with E-state index in [2.05, 4.69) is 58.8 Å². The second kappa shape index (κ2) is 14.2. The van der Waals surface area contributed by atoms with Gasteiger partial charge in [0.2, 0.25) is 11.8 Å². The maximum Gasteiger partial charge on any atom is 0.328 e. The largest absolute Gasteiger partial charge is 0.480 e. The molecule has 0 bridgehead atoms. The van der Waals surface area contributed by atoms with Crippen LogP contribution < -0.4 is 10.6 Å². The minimum Gasteiger partial charge on any atom is -0.480 e. The molecule has 0 aliphatic heterocycles. The van der Waals surface area contributed by atoms with E-state index in [0.717, 1.165) is 64.2 Å². The summed E-state index contributed by atoms with van der Waals surface area (Å²) in [5.74, 6) is 1.13. The number of carbonyl (C=O) groups excluding carboxylic acids is 2. The molecule has 0 aromatic heterocycles. The van der Waals surface area contributed by atoms with Crippen molar-refractivity contribution in [1.82, 2.24) is 10.6 Å². The molecule has 0 aromatic rings. The molecule has 8 nitrogen and oxygen atoms in total. The molecule has 5 aliphatic carbocycles. The number of hydrogen-bond acceptors (Lipinski definition) is 5. The zero-order valence-corrected chi connectivity index (χ0v) is 31.5. The molecule has 278 valence electrons. The predicted octanol–water partition coefficient (Wildman–Crippen LogP) is 7.02. The van der Waals surface area contributed by atoms with Crippen LogP contribution in [-0.2, 0) is 14.4 Å². The number of fused-ring (bicyclic) bond motifs is 7. The Morgan fingerprint density at radius 1 is 0.816 bits per heavy atom. The number of allylic oxidation sites excluding steroid dienone is 1. The molecule has 8 heteroatoms. The summed E-state index contributed by atoms with van der Waals surface area (Å²) < 4.78 is 0. The SMILES string of the molecule is C=C(C)[C@@H]1CC[C@]2(C(=O)NCCCCCCCC(=O)N[C@H](CO)C(=O)O)CC[C@]3(C)[C@H](CC[C@@H]4[C@@]5(C)CC[C@H](O)C(C)(C)[C@@H]5CC[C@]43C)[C@@H]12. The number of carboxylic acids is 1. The number of aliphatic hydroxyl groups excluding tert-OH is 2. The highest BCUT2D eigenvalue weighted by Gasteiger charge is 2.71. The topological polar surface area (TPSA) is 136 Å². The van der Waals surface area contributed by atoms with E-state index in [9.17, 15) is 19.5 Å². The van der Waals surface area contributed by atoms with Gasteiger partial charge in [-0.05, 0) is 135 Å². The number of hydrogen-bond donors (Lipinski definition) is 5. The van der Waals surface area contributed by atoms with Crippen molar-refractivity contribution in [2.45, 2.75) is 156 Å². The Kier molecular flexibility index (Phi) is 11.1. The first-order chi connectivity index (χ1) is 23.0. The maximum absolute atomic E-state index is 14.4. The van der Waals surface area contributed by atoms with E-state index in [1.165, 1.54) is 31.3 Å². The monoisotopic (exact) mass is 685 g/mol. The van der Waals surface area contributed by atoms with Crippen LogP contribution in [0.5, 0.6) is 0 Å². The molecule has 5 N–H and O–H groups in total. The van der Waals surface area contributed by atoms with Crippen LogP contribution in [0.25, 0.3) is 0 Å². The average Bonchev–Trinajstić information content (AvgIpc) is 3.44. The molecule has 0 unspecified atom stereocenters. The van der Waals surface area contributed by atoms with E-state index < -0.39 is 18.6 Å². The summed E-state index contributed by atoms with van der Waals surface area (Å²) in [5, 5.41) is 34.9. The lowest BCUT2D eigenvalue weighted by Crippen LogP contribution is -2.67. The lowest BCUT2D eigenvalue weighted by atomic mass is 9.32. The number of carboxylic acid groups (broad SMARTS) is 1. The van der Waals surface area contributed by atoms with Crippen molar-refractivity contribution in [3.63, 3.8) is 0 Å². The smallest absolute Gasteiger partial charge is 0.328 e. The van der Waals surface area contributed by atoms with Crippen LogP contribution in [-0.4, -0.2) is 58.4 Å². The number of nitrogens with one attached hydrogen (secondary N) is 2. The van der Waals surface area contributed by atoms with Crippen molar-refractivity contribution in [1.29, 1.82) is 0 Å². The quantitative estimate of drug-likeness (QED) is 0.105. The zero-order chi connectivity index (χ0) is 36.0. The average molecular weight is 685 g/mol. The molecule has 0 saturated heterocycles. The summed E-state index contributed by atoms with van der Waals surface area (Å²) in [5.41, 5.74) is 1.53. The first-order valence-electron chi connectivity index (χ1n) is 19.7. The Bertz CT molecular complexity index is 1270. The van der Waals surface area contributed by atoms with Crippen molar-refractivity contribution in [3.05, 3.63) is 12.2 Å². The molecule has 49 heavy (non-hydrogen) atoms. The summed E-state index contributed by atoms with van der Waals surface area (Å²) in [4.78, 5) is 37.3. The summed E-state index contributed by atoms with van der Waals surface area (Å²) in [6, 6.07) is -1.25. The van der Waals surface area contributed by atoms with E-state index in [4.69, 9.17) is 10.2 Å². The van der Waals surface area contributed by atoms with E-state index in [0.29, 0.717) is 42.6 Å². The number of unbranched alkanes of at least 4 members (excludes halogenated alkanes) is 4. The van der Waals surface area contributed by atoms with Crippen molar-refractivity contribution in [2.24, 2.45) is 56.7 Å². The zero-order valence-electron chi connectivity index (χ0n) is 31.5. The Balaban J connectivity index is 1.21. The first kappa shape index (κ1) is 38.3. The number of aliphatic hydroxyl groups is 2. The molecule has 5 rings (SSSR count). The van der Waals surface area contributed by atoms with Crippen LogP contribution in [0.3, 0.4) is 0 Å². The van der Waals surface area contributed by atoms with Crippen LogP contribution in [0.1, 0.15) is 144 Å². The highest BCUT2D eigenvalue weighted by molar-refractivity contribution is 5.84. The highest BCUT2D eigenvalue weighted by atomic mass is 16.4. The minimum atomic E-state index is -1.25. The van der Waals surface area contributed by atoms with Crippen LogP contribution in [0.15, 0.2) is 12.2 Å². The van der Waals surface area contributed by atoms with Gasteiger partial charge in [-0.1, -0.05) is 66.0 Å². The summed E-state index contributed by atoms with van der Waals surface area (Å²) in [6.45, 7) is 19.2. The Hall–Kier alpha value is -1.93. The fourth-order valence-corrected chi connectivity index (χ4v) is 13.3. The van der Waals surface area contributed by atoms with Gasteiger partial charge in [-0.15, -0.1) is 0 Å². The van der Waals surface area contributed by atoms with Crippen molar-refractivity contribution in [2.75, 3.05) is 13.2 Å². The van der Waals surface area contributed by atoms with E-state index in [1.54, 1.807) is 0 Å². The third kappa shape index (κ3) is 6.42. The maximum atomic E-state index is 14.4. The lowest BCUT2D eigenvalue weighted by Gasteiger charge is -2.72. The van der Waals surface area contributed by atoms with Gasteiger partial charge in [0.15, 0.2) is 0 Å². The third-order valence-electron chi connectivity index (χ3n) is 16.2. The number of carbonyl (C=O) groups is 3. The second-order valence-corrected chi connectivity index (χ2v) is 18.6. The van der Waals surface area contributed by atoms with Crippen LogP contribution >= 0.6 is 0 Å². The minimum absolute atomic E-state index is 0.0486. The summed E-state index contributed by atoms with van der Waals surface area (Å²) >= 11 is 0. The van der Waals surface area contributed by atoms with Crippen molar-refractivity contribution >= 4 is 17.8 Å². The van der Waals surface area contributed by atoms with Gasteiger partial charge in [-0.2, -0.15) is 0 Å². The van der Waals surface area contributed by atoms with Crippen molar-refractivity contribution in [3.8, 4) is 0 Å². The fraction of sp³-hybridized carbons (Fsp3) is 0.878. The molecule has 5 aliphatic rings. The highest BCUT2D eigenvalue weighted by Crippen LogP contribution is 2.77. The Morgan fingerprint density at radius 2 is 1.51 bits per heavy atom. The number of aliphatic carboxylic acids is 1. The number of rotatable bonds is 13.